The molecule has 3 N–H and O–H groups in total. The van der Waals surface area contributed by atoms with Gasteiger partial charge in [-0.05, 0) is 18.5 Å². The van der Waals surface area contributed by atoms with Crippen LogP contribution in [0, 0.1) is 0 Å². The third-order valence-corrected chi connectivity index (χ3v) is 2.24. The maximum absolute atomic E-state index is 5.43. The van der Waals surface area contributed by atoms with Gasteiger partial charge >= 0.3 is 0 Å². The van der Waals surface area contributed by atoms with E-state index in [1.54, 1.807) is 0 Å². The highest BCUT2D eigenvalue weighted by Gasteiger charge is 2.03. The number of nitrogens with two attached hydrogens (primary N) is 1. The SMILES string of the molecule is NCCCOc1cc(-c2ccccc2)[nH]n1. The number of H-pyrrole nitrogens is 1. The first-order chi connectivity index (χ1) is 7.90. The van der Waals surface area contributed by atoms with Crippen molar-refractivity contribution in [1.82, 2.24) is 10.2 Å². The molecule has 0 saturated carbocycles. The number of nitrogens with one attached hydrogen (secondary N) is 1. The molecule has 16 heavy (non-hydrogen) atoms. The molecule has 0 unspecified atom stereocenters. The highest BCUT2D eigenvalue weighted by Crippen LogP contribution is 2.20. The van der Waals surface area contributed by atoms with Gasteiger partial charge in [-0.3, -0.25) is 5.10 Å². The lowest BCUT2D eigenvalue weighted by Gasteiger charge is -1.98. The molecule has 0 spiro atoms. The smallest absolute Gasteiger partial charge is 0.233 e. The normalized spacial score (nSPS) is 10.3. The number of ether oxygens (including phenoxy) is 1. The lowest BCUT2D eigenvalue weighted by molar-refractivity contribution is 0.301. The topological polar surface area (TPSA) is 63.9 Å². The van der Waals surface area contributed by atoms with Gasteiger partial charge in [0.1, 0.15) is 0 Å². The van der Waals surface area contributed by atoms with Gasteiger partial charge in [0.05, 0.1) is 12.3 Å². The lowest BCUT2D eigenvalue weighted by Crippen LogP contribution is -2.06. The summed E-state index contributed by atoms with van der Waals surface area (Å²) in [7, 11) is 0. The maximum atomic E-state index is 5.43. The van der Waals surface area contributed by atoms with Crippen LogP contribution < -0.4 is 10.5 Å². The molecule has 0 saturated heterocycles. The fourth-order valence-electron chi connectivity index (χ4n) is 1.40. The molecular weight excluding hydrogens is 202 g/mol. The minimum absolute atomic E-state index is 0.607. The summed E-state index contributed by atoms with van der Waals surface area (Å²) in [6, 6.07) is 11.9. The van der Waals surface area contributed by atoms with Gasteiger partial charge < -0.3 is 10.5 Å². The van der Waals surface area contributed by atoms with Crippen molar-refractivity contribution in [3.8, 4) is 17.1 Å². The number of nitrogens with zero attached hydrogens (tertiary/aromatic N) is 1. The van der Waals surface area contributed by atoms with Gasteiger partial charge in [0.25, 0.3) is 0 Å². The Labute approximate surface area is 94.4 Å². The molecule has 1 aromatic carbocycles. The van der Waals surface area contributed by atoms with Gasteiger partial charge in [0.2, 0.25) is 5.88 Å². The molecular formula is C12H15N3O. The average Bonchev–Trinajstić information content (AvgIpc) is 2.79. The summed E-state index contributed by atoms with van der Waals surface area (Å²) >= 11 is 0. The number of hydrogen-bond donors (Lipinski definition) is 2. The van der Waals surface area contributed by atoms with Crippen LogP contribution in [0.1, 0.15) is 6.42 Å². The summed E-state index contributed by atoms with van der Waals surface area (Å²) in [4.78, 5) is 0. The molecule has 0 amide bonds. The maximum Gasteiger partial charge on any atom is 0.233 e. The zero-order chi connectivity index (χ0) is 11.2. The van der Waals surface area contributed by atoms with Crippen LogP contribution in [0.3, 0.4) is 0 Å². The highest BCUT2D eigenvalue weighted by molar-refractivity contribution is 5.59. The van der Waals surface area contributed by atoms with Gasteiger partial charge in [0.15, 0.2) is 0 Å². The Morgan fingerprint density at radius 2 is 2.06 bits per heavy atom. The van der Waals surface area contributed by atoms with E-state index in [0.717, 1.165) is 17.7 Å². The summed E-state index contributed by atoms with van der Waals surface area (Å²) in [5.41, 5.74) is 7.44. The Balaban J connectivity index is 2.02. The van der Waals surface area contributed by atoms with Crippen molar-refractivity contribution in [1.29, 1.82) is 0 Å². The average molecular weight is 217 g/mol. The van der Waals surface area contributed by atoms with E-state index in [1.807, 2.05) is 36.4 Å². The largest absolute Gasteiger partial charge is 0.477 e. The van der Waals surface area contributed by atoms with E-state index in [-0.39, 0.29) is 0 Å². The fourth-order valence-corrected chi connectivity index (χ4v) is 1.40. The molecule has 0 fully saturated rings. The van der Waals surface area contributed by atoms with Gasteiger partial charge in [-0.2, -0.15) is 0 Å². The van der Waals surface area contributed by atoms with E-state index in [0.29, 0.717) is 19.0 Å². The van der Waals surface area contributed by atoms with Crippen molar-refractivity contribution in [3.63, 3.8) is 0 Å². The van der Waals surface area contributed by atoms with E-state index >= 15 is 0 Å². The van der Waals surface area contributed by atoms with Crippen LogP contribution in [0.5, 0.6) is 5.88 Å². The molecule has 2 aromatic rings. The molecule has 0 aliphatic heterocycles. The van der Waals surface area contributed by atoms with Crippen molar-refractivity contribution >= 4 is 0 Å². The van der Waals surface area contributed by atoms with Crippen molar-refractivity contribution in [3.05, 3.63) is 36.4 Å². The molecule has 4 heteroatoms. The molecule has 0 radical (unpaired) electrons. The second kappa shape index (κ2) is 5.32. The second-order valence-electron chi connectivity index (χ2n) is 3.48. The minimum Gasteiger partial charge on any atom is -0.477 e. The lowest BCUT2D eigenvalue weighted by atomic mass is 10.2. The van der Waals surface area contributed by atoms with Crippen LogP contribution >= 0.6 is 0 Å². The second-order valence-corrected chi connectivity index (χ2v) is 3.48. The number of benzene rings is 1. The minimum atomic E-state index is 0.607. The highest BCUT2D eigenvalue weighted by atomic mass is 16.5. The summed E-state index contributed by atoms with van der Waals surface area (Å²) in [5, 5.41) is 7.02. The van der Waals surface area contributed by atoms with Crippen LogP contribution in [0.25, 0.3) is 11.3 Å². The fraction of sp³-hybridized carbons (Fsp3) is 0.250. The first-order valence-corrected chi connectivity index (χ1v) is 5.34. The number of rotatable bonds is 5. The molecule has 84 valence electrons. The Hall–Kier alpha value is -1.81. The quantitative estimate of drug-likeness (QED) is 0.751. The number of aromatic nitrogens is 2. The molecule has 2 rings (SSSR count). The summed E-state index contributed by atoms with van der Waals surface area (Å²) in [5.74, 6) is 0.618. The standard InChI is InChI=1S/C12H15N3O/c13-7-4-8-16-12-9-11(14-15-12)10-5-2-1-3-6-10/h1-3,5-6,9H,4,7-8,13H2,(H,14,15). The van der Waals surface area contributed by atoms with Gasteiger partial charge in [0, 0.05) is 6.07 Å². The Bertz CT molecular complexity index is 425. The first kappa shape index (κ1) is 10.7. The summed E-state index contributed by atoms with van der Waals surface area (Å²) in [6.45, 7) is 1.24. The monoisotopic (exact) mass is 217 g/mol. The van der Waals surface area contributed by atoms with Crippen molar-refractivity contribution in [2.24, 2.45) is 5.73 Å². The van der Waals surface area contributed by atoms with Crippen molar-refractivity contribution in [2.75, 3.05) is 13.2 Å². The first-order valence-electron chi connectivity index (χ1n) is 5.34. The predicted molar refractivity (Wildman–Crippen MR) is 63.2 cm³/mol. The van der Waals surface area contributed by atoms with Crippen LogP contribution in [0.2, 0.25) is 0 Å². The molecule has 0 bridgehead atoms. The van der Waals surface area contributed by atoms with E-state index < -0.39 is 0 Å². The molecule has 0 atom stereocenters. The van der Waals surface area contributed by atoms with Crippen LogP contribution in [-0.2, 0) is 0 Å². The molecule has 1 heterocycles. The van der Waals surface area contributed by atoms with Crippen molar-refractivity contribution < 1.29 is 4.74 Å². The van der Waals surface area contributed by atoms with E-state index in [2.05, 4.69) is 10.2 Å². The van der Waals surface area contributed by atoms with E-state index in [1.165, 1.54) is 0 Å². The van der Waals surface area contributed by atoms with Crippen LogP contribution in [0.4, 0.5) is 0 Å². The summed E-state index contributed by atoms with van der Waals surface area (Å²) in [6.07, 6.45) is 0.841. The Morgan fingerprint density at radius 3 is 2.81 bits per heavy atom. The van der Waals surface area contributed by atoms with Gasteiger partial charge in [-0.1, -0.05) is 30.3 Å². The number of aromatic amines is 1. The molecule has 0 aliphatic carbocycles. The zero-order valence-electron chi connectivity index (χ0n) is 9.02. The number of hydrogen-bond acceptors (Lipinski definition) is 3. The van der Waals surface area contributed by atoms with Crippen LogP contribution in [-0.4, -0.2) is 23.3 Å². The third-order valence-electron chi connectivity index (χ3n) is 2.24. The van der Waals surface area contributed by atoms with E-state index in [4.69, 9.17) is 10.5 Å². The zero-order valence-corrected chi connectivity index (χ0v) is 9.02. The Morgan fingerprint density at radius 1 is 1.25 bits per heavy atom. The summed E-state index contributed by atoms with van der Waals surface area (Å²) < 4.78 is 5.43. The Kier molecular flexibility index (Phi) is 3.56. The van der Waals surface area contributed by atoms with E-state index in [9.17, 15) is 0 Å². The molecule has 1 aromatic heterocycles. The van der Waals surface area contributed by atoms with Crippen molar-refractivity contribution in [2.45, 2.75) is 6.42 Å². The van der Waals surface area contributed by atoms with Gasteiger partial charge in [-0.15, -0.1) is 5.10 Å². The predicted octanol–water partition coefficient (Wildman–Crippen LogP) is 1.80. The third kappa shape index (κ3) is 2.61. The van der Waals surface area contributed by atoms with Gasteiger partial charge in [-0.25, -0.2) is 0 Å². The molecule has 0 aliphatic rings. The molecule has 4 nitrogen and oxygen atoms in total. The van der Waals surface area contributed by atoms with Crippen LogP contribution in [0.15, 0.2) is 36.4 Å².